The molecule has 0 bridgehead atoms. The Morgan fingerprint density at radius 1 is 1.09 bits per heavy atom. The summed E-state index contributed by atoms with van der Waals surface area (Å²) in [4.78, 5) is 16.7. The Morgan fingerprint density at radius 2 is 1.82 bits per heavy atom. The fourth-order valence-electron chi connectivity index (χ4n) is 2.26. The largest absolute Gasteiger partial charge is 0.399 e. The highest BCUT2D eigenvalue weighted by Crippen LogP contribution is 2.20. The number of benzene rings is 2. The highest BCUT2D eigenvalue weighted by molar-refractivity contribution is 6.06. The van der Waals surface area contributed by atoms with Gasteiger partial charge in [-0.3, -0.25) is 9.78 Å². The minimum absolute atomic E-state index is 0.230. The molecule has 2 aromatic carbocycles. The summed E-state index contributed by atoms with van der Waals surface area (Å²) >= 11 is 0. The SMILES string of the molecule is C=C(N)c1ccccc1NC(=O)c1cnc2ccccc2c1. The second-order valence-electron chi connectivity index (χ2n) is 4.94. The summed E-state index contributed by atoms with van der Waals surface area (Å²) in [6.07, 6.45) is 1.57. The second kappa shape index (κ2) is 5.69. The van der Waals surface area contributed by atoms with Crippen LogP contribution in [0.2, 0.25) is 0 Å². The van der Waals surface area contributed by atoms with Gasteiger partial charge in [0.25, 0.3) is 5.91 Å². The lowest BCUT2D eigenvalue weighted by Crippen LogP contribution is -2.14. The van der Waals surface area contributed by atoms with Crippen molar-refractivity contribution in [3.05, 3.63) is 78.5 Å². The van der Waals surface area contributed by atoms with Crippen molar-refractivity contribution >= 4 is 28.2 Å². The van der Waals surface area contributed by atoms with Crippen LogP contribution in [-0.4, -0.2) is 10.9 Å². The number of aromatic nitrogens is 1. The van der Waals surface area contributed by atoms with Crippen LogP contribution < -0.4 is 11.1 Å². The summed E-state index contributed by atoms with van der Waals surface area (Å²) < 4.78 is 0. The van der Waals surface area contributed by atoms with E-state index in [1.54, 1.807) is 12.3 Å². The second-order valence-corrected chi connectivity index (χ2v) is 4.94. The molecule has 0 atom stereocenters. The van der Waals surface area contributed by atoms with Gasteiger partial charge in [-0.1, -0.05) is 43.0 Å². The first-order valence-corrected chi connectivity index (χ1v) is 6.85. The van der Waals surface area contributed by atoms with Gasteiger partial charge in [0.15, 0.2) is 0 Å². The van der Waals surface area contributed by atoms with Crippen molar-refractivity contribution in [2.24, 2.45) is 5.73 Å². The van der Waals surface area contributed by atoms with E-state index in [0.717, 1.165) is 10.9 Å². The Kier molecular flexibility index (Phi) is 3.58. The number of anilines is 1. The minimum Gasteiger partial charge on any atom is -0.399 e. The molecule has 1 amide bonds. The standard InChI is InChI=1S/C18H15N3O/c1-12(19)15-7-3-5-9-17(15)21-18(22)14-10-13-6-2-4-8-16(13)20-11-14/h2-11H,1,19H2,(H,21,22). The van der Waals surface area contributed by atoms with Crippen LogP contribution in [0.25, 0.3) is 16.6 Å². The van der Waals surface area contributed by atoms with Gasteiger partial charge in [-0.2, -0.15) is 0 Å². The Morgan fingerprint density at radius 3 is 2.64 bits per heavy atom. The third-order valence-corrected chi connectivity index (χ3v) is 3.37. The van der Waals surface area contributed by atoms with Gasteiger partial charge in [-0.15, -0.1) is 0 Å². The quantitative estimate of drug-likeness (QED) is 0.776. The molecule has 0 radical (unpaired) electrons. The van der Waals surface area contributed by atoms with Crippen molar-refractivity contribution in [2.75, 3.05) is 5.32 Å². The summed E-state index contributed by atoms with van der Waals surface area (Å²) in [5, 5.41) is 3.78. The highest BCUT2D eigenvalue weighted by atomic mass is 16.1. The smallest absolute Gasteiger partial charge is 0.257 e. The molecule has 1 aromatic heterocycles. The van der Waals surface area contributed by atoms with Crippen molar-refractivity contribution in [1.29, 1.82) is 0 Å². The van der Waals surface area contributed by atoms with Crippen LogP contribution >= 0.6 is 0 Å². The third-order valence-electron chi connectivity index (χ3n) is 3.37. The number of carbonyl (C=O) groups is 1. The van der Waals surface area contributed by atoms with Crippen molar-refractivity contribution in [3.8, 4) is 0 Å². The number of nitrogens with one attached hydrogen (secondary N) is 1. The van der Waals surface area contributed by atoms with Gasteiger partial charge in [-0.05, 0) is 18.2 Å². The van der Waals surface area contributed by atoms with E-state index in [4.69, 9.17) is 5.73 Å². The molecule has 0 saturated carbocycles. The molecule has 4 nitrogen and oxygen atoms in total. The molecule has 0 saturated heterocycles. The first kappa shape index (κ1) is 13.8. The number of pyridine rings is 1. The van der Waals surface area contributed by atoms with Crippen LogP contribution in [0.15, 0.2) is 67.4 Å². The number of rotatable bonds is 3. The minimum atomic E-state index is -0.230. The van der Waals surface area contributed by atoms with E-state index >= 15 is 0 Å². The van der Waals surface area contributed by atoms with Gasteiger partial charge in [-0.25, -0.2) is 0 Å². The predicted octanol–water partition coefficient (Wildman–Crippen LogP) is 3.42. The summed E-state index contributed by atoms with van der Waals surface area (Å²) in [5.74, 6) is -0.230. The molecule has 22 heavy (non-hydrogen) atoms. The van der Waals surface area contributed by atoms with Crippen LogP contribution in [-0.2, 0) is 0 Å². The lowest BCUT2D eigenvalue weighted by Gasteiger charge is -2.10. The van der Waals surface area contributed by atoms with Gasteiger partial charge in [0, 0.05) is 22.8 Å². The molecule has 3 aromatic rings. The van der Waals surface area contributed by atoms with E-state index in [2.05, 4.69) is 16.9 Å². The zero-order chi connectivity index (χ0) is 15.5. The highest BCUT2D eigenvalue weighted by Gasteiger charge is 2.10. The normalized spacial score (nSPS) is 10.4. The summed E-state index contributed by atoms with van der Waals surface area (Å²) in [6.45, 7) is 3.72. The molecule has 4 heteroatoms. The van der Waals surface area contributed by atoms with Crippen molar-refractivity contribution < 1.29 is 4.79 Å². The monoisotopic (exact) mass is 289 g/mol. The number of hydrogen-bond acceptors (Lipinski definition) is 3. The number of para-hydroxylation sites is 2. The van der Waals surface area contributed by atoms with Crippen molar-refractivity contribution in [3.63, 3.8) is 0 Å². The Hall–Kier alpha value is -3.14. The number of hydrogen-bond donors (Lipinski definition) is 2. The molecule has 0 fully saturated rings. The Labute approximate surface area is 128 Å². The molecule has 1 heterocycles. The van der Waals surface area contributed by atoms with E-state index in [1.807, 2.05) is 48.5 Å². The van der Waals surface area contributed by atoms with Crippen LogP contribution in [0.5, 0.6) is 0 Å². The predicted molar refractivity (Wildman–Crippen MR) is 89.4 cm³/mol. The van der Waals surface area contributed by atoms with Crippen molar-refractivity contribution in [2.45, 2.75) is 0 Å². The number of amides is 1. The van der Waals surface area contributed by atoms with Crippen LogP contribution in [0.3, 0.4) is 0 Å². The molecular weight excluding hydrogens is 274 g/mol. The van der Waals surface area contributed by atoms with E-state index in [-0.39, 0.29) is 5.91 Å². The zero-order valence-electron chi connectivity index (χ0n) is 11.9. The van der Waals surface area contributed by atoms with E-state index < -0.39 is 0 Å². The maximum absolute atomic E-state index is 12.4. The molecule has 0 aliphatic heterocycles. The molecule has 0 unspecified atom stereocenters. The number of fused-ring (bicyclic) bond motifs is 1. The molecule has 0 aliphatic rings. The Balaban J connectivity index is 1.92. The zero-order valence-corrected chi connectivity index (χ0v) is 11.9. The molecule has 108 valence electrons. The third kappa shape index (κ3) is 2.67. The van der Waals surface area contributed by atoms with Gasteiger partial charge < -0.3 is 11.1 Å². The summed E-state index contributed by atoms with van der Waals surface area (Å²) in [6, 6.07) is 16.8. The van der Waals surface area contributed by atoms with Crippen LogP contribution in [0.4, 0.5) is 5.69 Å². The average molecular weight is 289 g/mol. The van der Waals surface area contributed by atoms with E-state index in [1.165, 1.54) is 0 Å². The van der Waals surface area contributed by atoms with Crippen LogP contribution in [0, 0.1) is 0 Å². The van der Waals surface area contributed by atoms with Gasteiger partial charge in [0.1, 0.15) is 0 Å². The van der Waals surface area contributed by atoms with Gasteiger partial charge in [0.05, 0.1) is 16.8 Å². The summed E-state index contributed by atoms with van der Waals surface area (Å²) in [7, 11) is 0. The fraction of sp³-hybridized carbons (Fsp3) is 0. The molecule has 0 aliphatic carbocycles. The number of nitrogens with two attached hydrogens (primary N) is 1. The Bertz CT molecular complexity index is 871. The first-order chi connectivity index (χ1) is 10.6. The number of nitrogens with zero attached hydrogens (tertiary/aromatic N) is 1. The van der Waals surface area contributed by atoms with Crippen LogP contribution in [0.1, 0.15) is 15.9 Å². The maximum Gasteiger partial charge on any atom is 0.257 e. The van der Waals surface area contributed by atoms with E-state index in [9.17, 15) is 4.79 Å². The molecule has 3 N–H and O–H groups in total. The number of carbonyl (C=O) groups excluding carboxylic acids is 1. The average Bonchev–Trinajstić information content (AvgIpc) is 2.54. The molecule has 0 spiro atoms. The first-order valence-electron chi connectivity index (χ1n) is 6.85. The molecular formula is C18H15N3O. The van der Waals surface area contributed by atoms with Crippen molar-refractivity contribution in [1.82, 2.24) is 4.98 Å². The fourth-order valence-corrected chi connectivity index (χ4v) is 2.26. The topological polar surface area (TPSA) is 68.0 Å². The lowest BCUT2D eigenvalue weighted by molar-refractivity contribution is 0.102. The van der Waals surface area contributed by atoms with E-state index in [0.29, 0.717) is 22.5 Å². The molecule has 3 rings (SSSR count). The lowest BCUT2D eigenvalue weighted by atomic mass is 10.1. The summed E-state index contributed by atoms with van der Waals surface area (Å²) in [5.41, 5.74) is 8.85. The van der Waals surface area contributed by atoms with Gasteiger partial charge >= 0.3 is 0 Å². The maximum atomic E-state index is 12.4. The van der Waals surface area contributed by atoms with Gasteiger partial charge in [0.2, 0.25) is 0 Å².